The number of benzene rings is 1. The third-order valence-corrected chi connectivity index (χ3v) is 5.28. The normalized spacial score (nSPS) is 24.2. The first-order chi connectivity index (χ1) is 7.98. The summed E-state index contributed by atoms with van der Waals surface area (Å²) in [5.74, 6) is 0.364. The lowest BCUT2D eigenvalue weighted by Crippen LogP contribution is -2.25. The van der Waals surface area contributed by atoms with Crippen LogP contribution >= 0.6 is 23.2 Å². The van der Waals surface area contributed by atoms with Crippen LogP contribution in [-0.2, 0) is 9.84 Å². The first-order valence-corrected chi connectivity index (χ1v) is 7.94. The summed E-state index contributed by atoms with van der Waals surface area (Å²) in [6.07, 6.45) is 0.653. The van der Waals surface area contributed by atoms with Crippen LogP contribution in [0, 0.1) is 0 Å². The van der Waals surface area contributed by atoms with Gasteiger partial charge in [0.15, 0.2) is 9.84 Å². The highest BCUT2D eigenvalue weighted by Crippen LogP contribution is 2.27. The maximum Gasteiger partial charge on any atom is 0.152 e. The molecule has 0 spiro atoms. The second-order valence-electron chi connectivity index (χ2n) is 4.15. The number of hydrogen-bond donors (Lipinski definition) is 1. The first kappa shape index (κ1) is 13.1. The van der Waals surface area contributed by atoms with Crippen molar-refractivity contribution in [2.75, 3.05) is 18.1 Å². The van der Waals surface area contributed by atoms with E-state index in [-0.39, 0.29) is 17.5 Å². The zero-order chi connectivity index (χ0) is 12.5. The molecule has 1 unspecified atom stereocenters. The van der Waals surface area contributed by atoms with E-state index >= 15 is 0 Å². The van der Waals surface area contributed by atoms with Crippen LogP contribution in [-0.4, -0.2) is 26.5 Å². The smallest absolute Gasteiger partial charge is 0.152 e. The molecule has 0 aliphatic carbocycles. The van der Waals surface area contributed by atoms with E-state index in [2.05, 4.69) is 5.32 Å². The van der Waals surface area contributed by atoms with Crippen LogP contribution in [0.2, 0.25) is 10.0 Å². The van der Waals surface area contributed by atoms with Crippen LogP contribution in [0.4, 0.5) is 0 Å². The highest BCUT2D eigenvalue weighted by atomic mass is 35.5. The summed E-state index contributed by atoms with van der Waals surface area (Å²) < 4.78 is 23.4. The third-order valence-electron chi connectivity index (χ3n) is 2.79. The Bertz CT molecular complexity index is 516. The van der Waals surface area contributed by atoms with Gasteiger partial charge in [-0.3, -0.25) is 0 Å². The van der Waals surface area contributed by atoms with Crippen molar-refractivity contribution in [1.29, 1.82) is 0 Å². The predicted molar refractivity (Wildman–Crippen MR) is 70.5 cm³/mol. The van der Waals surface area contributed by atoms with Crippen molar-refractivity contribution in [2.45, 2.75) is 12.5 Å². The number of rotatable bonds is 1. The largest absolute Gasteiger partial charge is 0.309 e. The minimum Gasteiger partial charge on any atom is -0.309 e. The molecule has 1 heterocycles. The van der Waals surface area contributed by atoms with Crippen LogP contribution < -0.4 is 5.32 Å². The summed E-state index contributed by atoms with van der Waals surface area (Å²) in [5.41, 5.74) is 0.866. The van der Waals surface area contributed by atoms with E-state index in [4.69, 9.17) is 23.2 Å². The summed E-state index contributed by atoms with van der Waals surface area (Å²) >= 11 is 11.8. The van der Waals surface area contributed by atoms with Crippen molar-refractivity contribution in [1.82, 2.24) is 5.32 Å². The Labute approximate surface area is 111 Å². The number of nitrogens with one attached hydrogen (secondary N) is 1. The average molecular weight is 294 g/mol. The lowest BCUT2D eigenvalue weighted by Gasteiger charge is -2.16. The lowest BCUT2D eigenvalue weighted by molar-refractivity contribution is 0.572. The molecule has 2 rings (SSSR count). The van der Waals surface area contributed by atoms with Gasteiger partial charge in [0.05, 0.1) is 21.6 Å². The molecular weight excluding hydrogens is 281 g/mol. The van der Waals surface area contributed by atoms with Crippen LogP contribution in [0.1, 0.15) is 18.0 Å². The molecule has 0 amide bonds. The molecule has 1 aliphatic heterocycles. The second kappa shape index (κ2) is 5.14. The molecule has 1 fully saturated rings. The Morgan fingerprint density at radius 1 is 1.24 bits per heavy atom. The van der Waals surface area contributed by atoms with E-state index in [9.17, 15) is 8.42 Å². The first-order valence-electron chi connectivity index (χ1n) is 5.37. The summed E-state index contributed by atoms with van der Waals surface area (Å²) in [6, 6.07) is 5.03. The lowest BCUT2D eigenvalue weighted by atomic mass is 10.1. The monoisotopic (exact) mass is 293 g/mol. The third kappa shape index (κ3) is 3.35. The van der Waals surface area contributed by atoms with Gasteiger partial charge in [-0.15, -0.1) is 0 Å². The molecular formula is C11H13Cl2NO2S. The molecule has 3 nitrogen and oxygen atoms in total. The van der Waals surface area contributed by atoms with Crippen molar-refractivity contribution < 1.29 is 8.42 Å². The molecule has 94 valence electrons. The fraction of sp³-hybridized carbons (Fsp3) is 0.455. The van der Waals surface area contributed by atoms with Crippen molar-refractivity contribution in [2.24, 2.45) is 0 Å². The van der Waals surface area contributed by atoms with Crippen LogP contribution in [0.15, 0.2) is 18.2 Å². The fourth-order valence-corrected chi connectivity index (χ4v) is 3.78. The maximum atomic E-state index is 11.7. The average Bonchev–Trinajstić information content (AvgIpc) is 2.43. The summed E-state index contributed by atoms with van der Waals surface area (Å²) in [4.78, 5) is 0. The second-order valence-corrected chi connectivity index (χ2v) is 7.19. The van der Waals surface area contributed by atoms with Gasteiger partial charge in [-0.1, -0.05) is 29.3 Å². The van der Waals surface area contributed by atoms with E-state index < -0.39 is 9.84 Å². The van der Waals surface area contributed by atoms with Crippen LogP contribution in [0.3, 0.4) is 0 Å². The summed E-state index contributed by atoms with van der Waals surface area (Å²) in [7, 11) is -2.98. The van der Waals surface area contributed by atoms with Crippen LogP contribution in [0.25, 0.3) is 0 Å². The van der Waals surface area contributed by atoms with Crippen molar-refractivity contribution in [3.05, 3.63) is 33.8 Å². The van der Waals surface area contributed by atoms with Crippen LogP contribution in [0.5, 0.6) is 0 Å². The Morgan fingerprint density at radius 3 is 2.71 bits per heavy atom. The van der Waals surface area contributed by atoms with E-state index in [1.165, 1.54) is 0 Å². The van der Waals surface area contributed by atoms with Gasteiger partial charge in [0, 0.05) is 6.04 Å². The Morgan fingerprint density at radius 2 is 2.00 bits per heavy atom. The molecule has 1 saturated heterocycles. The van der Waals surface area contributed by atoms with E-state index in [1.807, 2.05) is 6.07 Å². The Hall–Kier alpha value is -0.290. The molecule has 1 atom stereocenters. The highest BCUT2D eigenvalue weighted by molar-refractivity contribution is 7.91. The number of halogens is 2. The Balaban J connectivity index is 2.28. The topological polar surface area (TPSA) is 46.2 Å². The molecule has 1 aliphatic rings. The van der Waals surface area contributed by atoms with Gasteiger partial charge in [-0.05, 0) is 30.7 Å². The summed E-state index contributed by atoms with van der Waals surface area (Å²) in [6.45, 7) is 0.699. The van der Waals surface area contributed by atoms with E-state index in [1.54, 1.807) is 12.1 Å². The molecule has 0 aromatic heterocycles. The minimum atomic E-state index is -2.98. The van der Waals surface area contributed by atoms with Gasteiger partial charge in [0.2, 0.25) is 0 Å². The molecule has 0 bridgehead atoms. The quantitative estimate of drug-likeness (QED) is 0.865. The van der Waals surface area contributed by atoms with E-state index in [0.717, 1.165) is 5.56 Å². The molecule has 17 heavy (non-hydrogen) atoms. The van der Waals surface area contributed by atoms with E-state index in [0.29, 0.717) is 23.0 Å². The molecule has 1 N–H and O–H groups in total. The standard InChI is InChI=1S/C11H13Cl2NO2S/c12-9-3-2-8(6-10(9)13)11-7-17(15,16)5-1-4-14-11/h2-3,6,11,14H,1,4-5,7H2. The summed E-state index contributed by atoms with van der Waals surface area (Å²) in [5, 5.41) is 4.15. The van der Waals surface area contributed by atoms with Gasteiger partial charge in [-0.2, -0.15) is 0 Å². The Kier molecular flexibility index (Phi) is 3.98. The number of sulfone groups is 1. The highest BCUT2D eigenvalue weighted by Gasteiger charge is 2.23. The minimum absolute atomic E-state index is 0.116. The zero-order valence-electron chi connectivity index (χ0n) is 9.12. The molecule has 0 saturated carbocycles. The van der Waals surface area contributed by atoms with Gasteiger partial charge in [0.25, 0.3) is 0 Å². The fourth-order valence-electron chi connectivity index (χ4n) is 1.91. The molecule has 1 aromatic carbocycles. The zero-order valence-corrected chi connectivity index (χ0v) is 11.4. The maximum absolute atomic E-state index is 11.7. The SMILES string of the molecule is O=S1(=O)CCCNC(c2ccc(Cl)c(Cl)c2)C1. The molecule has 6 heteroatoms. The van der Waals surface area contributed by atoms with Crippen molar-refractivity contribution >= 4 is 33.0 Å². The van der Waals surface area contributed by atoms with Gasteiger partial charge < -0.3 is 5.32 Å². The van der Waals surface area contributed by atoms with Gasteiger partial charge in [0.1, 0.15) is 0 Å². The van der Waals surface area contributed by atoms with Crippen molar-refractivity contribution in [3.8, 4) is 0 Å². The molecule has 0 radical (unpaired) electrons. The van der Waals surface area contributed by atoms with Gasteiger partial charge >= 0.3 is 0 Å². The van der Waals surface area contributed by atoms with Gasteiger partial charge in [-0.25, -0.2) is 8.42 Å². The number of hydrogen-bond acceptors (Lipinski definition) is 3. The predicted octanol–water partition coefficient (Wildman–Crippen LogP) is 2.44. The van der Waals surface area contributed by atoms with Crippen molar-refractivity contribution in [3.63, 3.8) is 0 Å². The molecule has 1 aromatic rings.